The van der Waals surface area contributed by atoms with Gasteiger partial charge < -0.3 is 5.32 Å². The van der Waals surface area contributed by atoms with Crippen molar-refractivity contribution in [2.75, 3.05) is 5.32 Å². The van der Waals surface area contributed by atoms with E-state index >= 15 is 0 Å². The minimum Gasteiger partial charge on any atom is -0.322 e. The molecule has 1 N–H and O–H groups in total. The Kier molecular flexibility index (Phi) is 4.91. The molecule has 0 saturated heterocycles. The maximum atomic E-state index is 14.5. The summed E-state index contributed by atoms with van der Waals surface area (Å²) in [5.41, 5.74) is 1.65. The lowest BCUT2D eigenvalue weighted by Crippen LogP contribution is -2.13. The number of nitro groups is 1. The molecule has 27 heavy (non-hydrogen) atoms. The summed E-state index contributed by atoms with van der Waals surface area (Å²) in [4.78, 5) is 22.6. The van der Waals surface area contributed by atoms with Crippen LogP contribution in [-0.2, 0) is 0 Å². The molecule has 0 saturated carbocycles. The van der Waals surface area contributed by atoms with Crippen molar-refractivity contribution >= 4 is 28.9 Å². The van der Waals surface area contributed by atoms with Crippen LogP contribution in [0.1, 0.15) is 21.7 Å². The van der Waals surface area contributed by atoms with E-state index in [0.717, 1.165) is 23.5 Å². The summed E-state index contributed by atoms with van der Waals surface area (Å²) in [6.07, 6.45) is 0. The maximum Gasteiger partial charge on any atom is 0.288 e. The van der Waals surface area contributed by atoms with Crippen molar-refractivity contribution in [2.45, 2.75) is 13.8 Å². The molecule has 138 valence electrons. The van der Waals surface area contributed by atoms with Gasteiger partial charge in [-0.05, 0) is 50.2 Å². The first-order valence-corrected chi connectivity index (χ1v) is 8.22. The van der Waals surface area contributed by atoms with Gasteiger partial charge >= 0.3 is 0 Å². The predicted octanol–water partition coefficient (Wildman–Crippen LogP) is 4.44. The number of hydrogen-bond donors (Lipinski definition) is 1. The van der Waals surface area contributed by atoms with Gasteiger partial charge in [0.05, 0.1) is 10.6 Å². The molecule has 3 rings (SSSR count). The van der Waals surface area contributed by atoms with E-state index in [2.05, 4.69) is 10.4 Å². The summed E-state index contributed by atoms with van der Waals surface area (Å²) in [5, 5.41) is 17.6. The third kappa shape index (κ3) is 3.80. The fourth-order valence-electron chi connectivity index (χ4n) is 2.63. The van der Waals surface area contributed by atoms with Crippen molar-refractivity contribution in [2.24, 2.45) is 0 Å². The summed E-state index contributed by atoms with van der Waals surface area (Å²) in [7, 11) is 0. The number of hydrogen-bond acceptors (Lipinski definition) is 4. The Labute approximate surface area is 158 Å². The number of nitro benzene ring substituents is 1. The standard InChI is InChI=1S/C18H14ClFN4O3/c1-10-7-11(2)23(22-10)16-6-4-13(9-15(16)20)21-18(25)12-3-5-14(19)17(8-12)24(26)27/h3-9H,1-2H3,(H,21,25). The quantitative estimate of drug-likeness (QED) is 0.528. The van der Waals surface area contributed by atoms with Crippen LogP contribution in [0.15, 0.2) is 42.5 Å². The van der Waals surface area contributed by atoms with E-state index in [-0.39, 0.29) is 27.6 Å². The molecular formula is C18H14ClFN4O3. The van der Waals surface area contributed by atoms with Gasteiger partial charge in [0.2, 0.25) is 0 Å². The average Bonchev–Trinajstić information content (AvgIpc) is 2.93. The Morgan fingerprint density at radius 3 is 2.56 bits per heavy atom. The van der Waals surface area contributed by atoms with Gasteiger partial charge in [-0.2, -0.15) is 5.10 Å². The number of nitrogens with zero attached hydrogens (tertiary/aromatic N) is 3. The molecule has 1 heterocycles. The van der Waals surface area contributed by atoms with Crippen LogP contribution in [0.25, 0.3) is 5.69 Å². The summed E-state index contributed by atoms with van der Waals surface area (Å²) >= 11 is 5.74. The highest BCUT2D eigenvalue weighted by molar-refractivity contribution is 6.32. The zero-order valence-corrected chi connectivity index (χ0v) is 15.1. The number of carbonyl (C=O) groups excluding carboxylic acids is 1. The Morgan fingerprint density at radius 1 is 1.22 bits per heavy atom. The van der Waals surface area contributed by atoms with E-state index in [0.29, 0.717) is 0 Å². The molecule has 9 heteroatoms. The number of halogens is 2. The normalized spacial score (nSPS) is 10.7. The van der Waals surface area contributed by atoms with E-state index in [4.69, 9.17) is 11.6 Å². The lowest BCUT2D eigenvalue weighted by Gasteiger charge is -2.09. The number of aromatic nitrogens is 2. The maximum absolute atomic E-state index is 14.5. The van der Waals surface area contributed by atoms with Gasteiger partial charge in [0.1, 0.15) is 10.7 Å². The van der Waals surface area contributed by atoms with Crippen LogP contribution in [0.5, 0.6) is 0 Å². The molecule has 3 aromatic rings. The van der Waals surface area contributed by atoms with E-state index in [1.807, 2.05) is 13.0 Å². The second kappa shape index (κ2) is 7.16. The molecule has 1 amide bonds. The molecule has 2 aromatic carbocycles. The summed E-state index contributed by atoms with van der Waals surface area (Å²) in [5.74, 6) is -1.19. The number of carbonyl (C=O) groups is 1. The lowest BCUT2D eigenvalue weighted by atomic mass is 10.1. The second-order valence-electron chi connectivity index (χ2n) is 5.88. The van der Waals surface area contributed by atoms with Crippen LogP contribution in [0.4, 0.5) is 15.8 Å². The van der Waals surface area contributed by atoms with Crippen LogP contribution in [0.2, 0.25) is 5.02 Å². The zero-order chi connectivity index (χ0) is 19.7. The minimum absolute atomic E-state index is 0.0362. The average molecular weight is 389 g/mol. The molecule has 0 atom stereocenters. The summed E-state index contributed by atoms with van der Waals surface area (Å²) in [6.45, 7) is 3.61. The molecule has 0 aliphatic carbocycles. The first-order valence-electron chi connectivity index (χ1n) is 7.85. The fourth-order valence-corrected chi connectivity index (χ4v) is 2.81. The largest absolute Gasteiger partial charge is 0.322 e. The molecule has 0 aliphatic heterocycles. The van der Waals surface area contributed by atoms with Crippen molar-refractivity contribution in [3.63, 3.8) is 0 Å². The molecule has 0 fully saturated rings. The molecule has 0 aliphatic rings. The molecule has 7 nitrogen and oxygen atoms in total. The Balaban J connectivity index is 1.85. The van der Waals surface area contributed by atoms with Crippen molar-refractivity contribution < 1.29 is 14.1 Å². The highest BCUT2D eigenvalue weighted by Gasteiger charge is 2.17. The number of aryl methyl sites for hydroxylation is 2. The van der Waals surface area contributed by atoms with Crippen LogP contribution in [0, 0.1) is 29.8 Å². The van der Waals surface area contributed by atoms with Gasteiger partial charge in [0, 0.05) is 23.0 Å². The first-order chi connectivity index (χ1) is 12.8. The van der Waals surface area contributed by atoms with Gasteiger partial charge in [-0.1, -0.05) is 11.6 Å². The molecule has 0 spiro atoms. The van der Waals surface area contributed by atoms with Crippen molar-refractivity contribution in [3.8, 4) is 5.69 Å². The lowest BCUT2D eigenvalue weighted by molar-refractivity contribution is -0.384. The number of benzene rings is 2. The number of nitrogens with one attached hydrogen (secondary N) is 1. The summed E-state index contributed by atoms with van der Waals surface area (Å²) < 4.78 is 16.0. The topological polar surface area (TPSA) is 90.1 Å². The summed E-state index contributed by atoms with van der Waals surface area (Å²) in [6, 6.07) is 9.69. The zero-order valence-electron chi connectivity index (χ0n) is 14.4. The van der Waals surface area contributed by atoms with Crippen LogP contribution in [0.3, 0.4) is 0 Å². The highest BCUT2D eigenvalue weighted by atomic mass is 35.5. The van der Waals surface area contributed by atoms with E-state index < -0.39 is 16.6 Å². The number of amides is 1. The van der Waals surface area contributed by atoms with Crippen molar-refractivity contribution in [1.82, 2.24) is 9.78 Å². The molecule has 0 bridgehead atoms. The smallest absolute Gasteiger partial charge is 0.288 e. The van der Waals surface area contributed by atoms with Crippen LogP contribution >= 0.6 is 11.6 Å². The minimum atomic E-state index is -0.679. The Bertz CT molecular complexity index is 1060. The fraction of sp³-hybridized carbons (Fsp3) is 0.111. The highest BCUT2D eigenvalue weighted by Crippen LogP contribution is 2.26. The third-order valence-corrected chi connectivity index (χ3v) is 4.17. The first kappa shape index (κ1) is 18.5. The molecule has 0 unspecified atom stereocenters. The predicted molar refractivity (Wildman–Crippen MR) is 99.1 cm³/mol. The van der Waals surface area contributed by atoms with Gasteiger partial charge in [-0.3, -0.25) is 14.9 Å². The second-order valence-corrected chi connectivity index (χ2v) is 6.29. The Morgan fingerprint density at radius 2 is 1.96 bits per heavy atom. The van der Waals surface area contributed by atoms with Crippen LogP contribution < -0.4 is 5.32 Å². The van der Waals surface area contributed by atoms with Crippen molar-refractivity contribution in [3.05, 3.63) is 80.4 Å². The SMILES string of the molecule is Cc1cc(C)n(-c2ccc(NC(=O)c3ccc(Cl)c([N+](=O)[O-])c3)cc2F)n1. The van der Waals surface area contributed by atoms with E-state index in [1.165, 1.54) is 28.9 Å². The van der Waals surface area contributed by atoms with Gasteiger partial charge in [0.25, 0.3) is 11.6 Å². The monoisotopic (exact) mass is 388 g/mol. The number of anilines is 1. The third-order valence-electron chi connectivity index (χ3n) is 3.85. The molecule has 0 radical (unpaired) electrons. The van der Waals surface area contributed by atoms with Gasteiger partial charge in [-0.15, -0.1) is 0 Å². The number of rotatable bonds is 4. The van der Waals surface area contributed by atoms with E-state index in [1.54, 1.807) is 6.92 Å². The van der Waals surface area contributed by atoms with E-state index in [9.17, 15) is 19.3 Å². The Hall–Kier alpha value is -3.26. The van der Waals surface area contributed by atoms with Gasteiger partial charge in [0.15, 0.2) is 5.82 Å². The van der Waals surface area contributed by atoms with Crippen molar-refractivity contribution in [1.29, 1.82) is 0 Å². The molecule has 1 aromatic heterocycles. The van der Waals surface area contributed by atoms with Gasteiger partial charge in [-0.25, -0.2) is 9.07 Å². The van der Waals surface area contributed by atoms with Crippen LogP contribution in [-0.4, -0.2) is 20.6 Å². The molecular weight excluding hydrogens is 375 g/mol.